The number of ketones is 1. The van der Waals surface area contributed by atoms with Crippen LogP contribution in [-0.4, -0.2) is 55.2 Å². The molecule has 1 aliphatic heterocycles. The Kier molecular flexibility index (Phi) is 8.79. The van der Waals surface area contributed by atoms with Gasteiger partial charge in [-0.1, -0.05) is 32.9 Å². The number of likely N-dealkylation sites (tertiary alicyclic amines) is 1. The summed E-state index contributed by atoms with van der Waals surface area (Å²) in [4.78, 5) is 28.0. The smallest absolute Gasteiger partial charge is 0.295 e. The number of Topliss-reactive ketones (excluding diaryl/α,β-unsaturated/α-hetero) is 1. The van der Waals surface area contributed by atoms with E-state index in [9.17, 15) is 14.7 Å². The molecule has 2 aromatic carbocycles. The molecule has 7 nitrogen and oxygen atoms in total. The zero-order chi connectivity index (χ0) is 26.5. The van der Waals surface area contributed by atoms with E-state index in [1.807, 2.05) is 44.2 Å². The number of methoxy groups -OCH3 is 1. The number of benzene rings is 2. The first-order valence-corrected chi connectivity index (χ1v) is 12.4. The first-order chi connectivity index (χ1) is 17.1. The van der Waals surface area contributed by atoms with Gasteiger partial charge in [0.15, 0.2) is 0 Å². The van der Waals surface area contributed by atoms with Crippen molar-refractivity contribution in [3.05, 3.63) is 64.7 Å². The largest absolute Gasteiger partial charge is 0.507 e. The molecule has 1 amide bonds. The van der Waals surface area contributed by atoms with Gasteiger partial charge in [0.1, 0.15) is 17.3 Å². The van der Waals surface area contributed by atoms with Crippen molar-refractivity contribution in [1.29, 1.82) is 0 Å². The number of hydrogen-bond acceptors (Lipinski definition) is 6. The van der Waals surface area contributed by atoms with Crippen molar-refractivity contribution in [2.75, 3.05) is 33.5 Å². The second-order valence-electron chi connectivity index (χ2n) is 9.74. The lowest BCUT2D eigenvalue weighted by molar-refractivity contribution is -0.140. The molecule has 0 aliphatic carbocycles. The molecule has 36 heavy (non-hydrogen) atoms. The number of amides is 1. The quantitative estimate of drug-likeness (QED) is 0.210. The Bertz CT molecular complexity index is 1130. The minimum Gasteiger partial charge on any atom is -0.507 e. The van der Waals surface area contributed by atoms with E-state index in [0.29, 0.717) is 49.7 Å². The minimum atomic E-state index is -0.744. The summed E-state index contributed by atoms with van der Waals surface area (Å²) in [7, 11) is 1.59. The second kappa shape index (κ2) is 11.6. The summed E-state index contributed by atoms with van der Waals surface area (Å²) in [5.74, 6) is -0.191. The van der Waals surface area contributed by atoms with Gasteiger partial charge in [0.2, 0.25) is 0 Å². The average molecular weight is 496 g/mol. The highest BCUT2D eigenvalue weighted by Gasteiger charge is 2.46. The van der Waals surface area contributed by atoms with Crippen LogP contribution >= 0.6 is 0 Å². The lowest BCUT2D eigenvalue weighted by Crippen LogP contribution is -2.31. The summed E-state index contributed by atoms with van der Waals surface area (Å²) >= 11 is 0. The minimum absolute atomic E-state index is 0.0649. The van der Waals surface area contributed by atoms with Gasteiger partial charge >= 0.3 is 0 Å². The van der Waals surface area contributed by atoms with Crippen LogP contribution in [0.1, 0.15) is 63.8 Å². The van der Waals surface area contributed by atoms with Crippen molar-refractivity contribution in [3.8, 4) is 11.5 Å². The third kappa shape index (κ3) is 5.73. The molecule has 1 fully saturated rings. The van der Waals surface area contributed by atoms with Gasteiger partial charge < -0.3 is 24.2 Å². The molecule has 0 bridgehead atoms. The Balaban J connectivity index is 2.18. The molecule has 194 valence electrons. The Morgan fingerprint density at radius 3 is 2.39 bits per heavy atom. The van der Waals surface area contributed by atoms with Crippen LogP contribution in [0.4, 0.5) is 0 Å². The molecule has 0 aromatic heterocycles. The van der Waals surface area contributed by atoms with Crippen molar-refractivity contribution in [1.82, 2.24) is 4.90 Å². The van der Waals surface area contributed by atoms with Crippen molar-refractivity contribution < 1.29 is 28.9 Å². The first kappa shape index (κ1) is 27.3. The Labute approximate surface area is 213 Å². The van der Waals surface area contributed by atoms with Crippen LogP contribution in [0.5, 0.6) is 11.5 Å². The van der Waals surface area contributed by atoms with E-state index in [0.717, 1.165) is 11.3 Å². The fourth-order valence-electron chi connectivity index (χ4n) is 4.48. The highest BCUT2D eigenvalue weighted by Crippen LogP contribution is 2.41. The molecule has 0 spiro atoms. The molecule has 1 unspecified atom stereocenters. The van der Waals surface area contributed by atoms with E-state index in [-0.39, 0.29) is 16.7 Å². The number of hydrogen-bond donors (Lipinski definition) is 1. The van der Waals surface area contributed by atoms with Crippen molar-refractivity contribution in [2.24, 2.45) is 0 Å². The highest BCUT2D eigenvalue weighted by molar-refractivity contribution is 6.46. The Morgan fingerprint density at radius 1 is 1.03 bits per heavy atom. The van der Waals surface area contributed by atoms with Crippen LogP contribution < -0.4 is 9.47 Å². The van der Waals surface area contributed by atoms with E-state index >= 15 is 0 Å². The molecule has 1 N–H and O–H groups in total. The maximum Gasteiger partial charge on any atom is 0.295 e. The lowest BCUT2D eigenvalue weighted by Gasteiger charge is -2.26. The fourth-order valence-corrected chi connectivity index (χ4v) is 4.48. The predicted octanol–water partition coefficient (Wildman–Crippen LogP) is 5.24. The van der Waals surface area contributed by atoms with Crippen LogP contribution in [0.25, 0.3) is 5.76 Å². The number of nitrogens with zero attached hydrogens (tertiary/aromatic N) is 1. The number of carbonyl (C=O) groups excluding carboxylic acids is 2. The topological polar surface area (TPSA) is 85.3 Å². The van der Waals surface area contributed by atoms with E-state index < -0.39 is 17.7 Å². The Hall–Kier alpha value is -3.32. The maximum absolute atomic E-state index is 13.3. The molecule has 1 heterocycles. The van der Waals surface area contributed by atoms with Gasteiger partial charge in [-0.15, -0.1) is 0 Å². The summed E-state index contributed by atoms with van der Waals surface area (Å²) in [5.41, 5.74) is 1.86. The summed E-state index contributed by atoms with van der Waals surface area (Å²) in [6.07, 6.45) is 0.558. The van der Waals surface area contributed by atoms with E-state index in [1.165, 1.54) is 4.90 Å². The fraction of sp³-hybridized carbons (Fsp3) is 0.448. The summed E-state index contributed by atoms with van der Waals surface area (Å²) < 4.78 is 16.6. The Morgan fingerprint density at radius 2 is 1.75 bits per heavy atom. The molecule has 7 heteroatoms. The summed E-state index contributed by atoms with van der Waals surface area (Å²) in [6.45, 7) is 11.7. The van der Waals surface area contributed by atoms with Crippen LogP contribution in [0.15, 0.2) is 48.0 Å². The number of ether oxygens (including phenoxy) is 3. The summed E-state index contributed by atoms with van der Waals surface area (Å²) in [5, 5.41) is 11.5. The highest BCUT2D eigenvalue weighted by atomic mass is 16.5. The van der Waals surface area contributed by atoms with Crippen molar-refractivity contribution >= 4 is 17.4 Å². The normalized spacial score (nSPS) is 17.5. The average Bonchev–Trinajstić information content (AvgIpc) is 3.09. The number of aliphatic hydroxyl groups excluding tert-OH is 1. The van der Waals surface area contributed by atoms with Crippen molar-refractivity contribution in [2.45, 2.75) is 52.5 Å². The van der Waals surface area contributed by atoms with Gasteiger partial charge in [0.05, 0.1) is 24.8 Å². The van der Waals surface area contributed by atoms with E-state index in [2.05, 4.69) is 20.8 Å². The zero-order valence-electron chi connectivity index (χ0n) is 22.1. The third-order valence-corrected chi connectivity index (χ3v) is 6.13. The monoisotopic (exact) mass is 495 g/mol. The number of carbonyl (C=O) groups is 2. The van der Waals surface area contributed by atoms with Gasteiger partial charge in [0.25, 0.3) is 11.7 Å². The van der Waals surface area contributed by atoms with Crippen LogP contribution in [0, 0.1) is 0 Å². The molecule has 3 rings (SSSR count). The van der Waals surface area contributed by atoms with Gasteiger partial charge in [0, 0.05) is 31.4 Å². The predicted molar refractivity (Wildman–Crippen MR) is 139 cm³/mol. The van der Waals surface area contributed by atoms with Crippen molar-refractivity contribution in [3.63, 3.8) is 0 Å². The SMILES string of the molecule is CCOc1cccc(C2/C(=C(\O)c3ccc(OCC)c(C(C)(C)C)c3)C(=O)C(=O)N2CCCOC)c1. The van der Waals surface area contributed by atoms with Crippen LogP contribution in [0.3, 0.4) is 0 Å². The van der Waals surface area contributed by atoms with Crippen LogP contribution in [0.2, 0.25) is 0 Å². The number of rotatable bonds is 10. The third-order valence-electron chi connectivity index (χ3n) is 6.13. The standard InChI is InChI=1S/C29H37NO6/c1-7-35-21-12-9-11-19(17-21)25-24(27(32)28(33)30(25)15-10-16-34-6)26(31)20-13-14-23(36-8-2)22(18-20)29(3,4)5/h9,11-14,17-18,25,31H,7-8,10,15-16H2,1-6H3/b26-24+. The van der Waals surface area contributed by atoms with Gasteiger partial charge in [-0.3, -0.25) is 9.59 Å². The molecular formula is C29H37NO6. The van der Waals surface area contributed by atoms with Gasteiger partial charge in [-0.25, -0.2) is 0 Å². The molecule has 0 saturated carbocycles. The molecule has 0 radical (unpaired) electrons. The van der Waals surface area contributed by atoms with Gasteiger partial charge in [-0.2, -0.15) is 0 Å². The molecule has 2 aromatic rings. The summed E-state index contributed by atoms with van der Waals surface area (Å²) in [6, 6.07) is 11.9. The lowest BCUT2D eigenvalue weighted by atomic mass is 9.84. The zero-order valence-corrected chi connectivity index (χ0v) is 22.1. The van der Waals surface area contributed by atoms with E-state index in [4.69, 9.17) is 14.2 Å². The second-order valence-corrected chi connectivity index (χ2v) is 9.74. The number of aliphatic hydroxyl groups is 1. The van der Waals surface area contributed by atoms with E-state index in [1.54, 1.807) is 19.2 Å². The molecule has 1 atom stereocenters. The first-order valence-electron chi connectivity index (χ1n) is 12.4. The molecule has 1 saturated heterocycles. The molecule has 1 aliphatic rings. The van der Waals surface area contributed by atoms with Crippen LogP contribution in [-0.2, 0) is 19.7 Å². The molecular weight excluding hydrogens is 458 g/mol. The maximum atomic E-state index is 13.3. The van der Waals surface area contributed by atoms with Gasteiger partial charge in [-0.05, 0) is 61.6 Å².